The Morgan fingerprint density at radius 2 is 1.79 bits per heavy atom. The predicted molar refractivity (Wildman–Crippen MR) is 60.3 cm³/mol. The van der Waals surface area contributed by atoms with Crippen LogP contribution in [-0.2, 0) is 0 Å². The Balaban J connectivity index is 2.29. The lowest BCUT2D eigenvalue weighted by molar-refractivity contribution is 0.0214. The van der Waals surface area contributed by atoms with Gasteiger partial charge in [0.25, 0.3) is 0 Å². The van der Waals surface area contributed by atoms with Crippen LogP contribution in [0.3, 0.4) is 0 Å². The van der Waals surface area contributed by atoms with Gasteiger partial charge in [-0.15, -0.1) is 0 Å². The van der Waals surface area contributed by atoms with E-state index >= 15 is 0 Å². The average Bonchev–Trinajstić information content (AvgIpc) is 2.02. The van der Waals surface area contributed by atoms with Gasteiger partial charge in [-0.1, -0.05) is 13.8 Å². The molecule has 0 aromatic heterocycles. The van der Waals surface area contributed by atoms with E-state index in [4.69, 9.17) is 0 Å². The zero-order valence-corrected chi connectivity index (χ0v) is 10.1. The van der Waals surface area contributed by atoms with Crippen molar-refractivity contribution in [1.82, 2.24) is 4.90 Å². The lowest BCUT2D eigenvalue weighted by Crippen LogP contribution is -2.43. The minimum absolute atomic E-state index is 0.537. The predicted octanol–water partition coefficient (Wildman–Crippen LogP) is 2.13. The molecule has 0 unspecified atom stereocenters. The second kappa shape index (κ2) is 4.63. The van der Waals surface area contributed by atoms with Gasteiger partial charge in [-0.2, -0.15) is 0 Å². The van der Waals surface area contributed by atoms with Gasteiger partial charge in [-0.05, 0) is 51.6 Å². The zero-order valence-electron chi connectivity index (χ0n) is 10.1. The standard InChI is InChI=1S/C12H25NO/c1-10(2)11-5-7-13(8-6-11)9-12(3,4)14/h10-11,14H,5-9H2,1-4H3. The molecule has 1 aliphatic rings. The van der Waals surface area contributed by atoms with Crippen molar-refractivity contribution in [2.75, 3.05) is 19.6 Å². The monoisotopic (exact) mass is 199 g/mol. The molecule has 84 valence electrons. The Hall–Kier alpha value is -0.0800. The summed E-state index contributed by atoms with van der Waals surface area (Å²) in [6.07, 6.45) is 2.60. The number of piperidine rings is 1. The van der Waals surface area contributed by atoms with Crippen LogP contribution < -0.4 is 0 Å². The van der Waals surface area contributed by atoms with E-state index in [2.05, 4.69) is 18.7 Å². The Bertz CT molecular complexity index is 164. The zero-order chi connectivity index (χ0) is 10.8. The summed E-state index contributed by atoms with van der Waals surface area (Å²) < 4.78 is 0. The van der Waals surface area contributed by atoms with Crippen molar-refractivity contribution in [3.8, 4) is 0 Å². The summed E-state index contributed by atoms with van der Waals surface area (Å²) >= 11 is 0. The van der Waals surface area contributed by atoms with Gasteiger partial charge in [-0.3, -0.25) is 0 Å². The molecule has 0 atom stereocenters. The first kappa shape index (κ1) is 12.0. The third-order valence-electron chi connectivity index (χ3n) is 3.19. The quantitative estimate of drug-likeness (QED) is 0.752. The molecular weight excluding hydrogens is 174 g/mol. The van der Waals surface area contributed by atoms with Gasteiger partial charge in [-0.25, -0.2) is 0 Å². The molecule has 14 heavy (non-hydrogen) atoms. The minimum Gasteiger partial charge on any atom is -0.389 e. The first-order valence-electron chi connectivity index (χ1n) is 5.83. The Kier molecular flexibility index (Phi) is 3.96. The average molecular weight is 199 g/mol. The highest BCUT2D eigenvalue weighted by atomic mass is 16.3. The van der Waals surface area contributed by atoms with Crippen molar-refractivity contribution in [3.63, 3.8) is 0 Å². The van der Waals surface area contributed by atoms with Crippen LogP contribution in [0, 0.1) is 11.8 Å². The van der Waals surface area contributed by atoms with Crippen LogP contribution in [0.15, 0.2) is 0 Å². The van der Waals surface area contributed by atoms with E-state index in [0.29, 0.717) is 0 Å². The number of rotatable bonds is 3. The Morgan fingerprint density at radius 1 is 1.29 bits per heavy atom. The molecule has 0 aliphatic carbocycles. The van der Waals surface area contributed by atoms with Crippen molar-refractivity contribution in [2.24, 2.45) is 11.8 Å². The molecule has 1 heterocycles. The van der Waals surface area contributed by atoms with Crippen molar-refractivity contribution >= 4 is 0 Å². The van der Waals surface area contributed by atoms with Crippen molar-refractivity contribution < 1.29 is 5.11 Å². The van der Waals surface area contributed by atoms with Crippen LogP contribution in [0.1, 0.15) is 40.5 Å². The molecule has 1 N–H and O–H groups in total. The molecule has 0 spiro atoms. The molecule has 1 aliphatic heterocycles. The molecule has 0 radical (unpaired) electrons. The van der Waals surface area contributed by atoms with Crippen LogP contribution in [0.2, 0.25) is 0 Å². The fourth-order valence-corrected chi connectivity index (χ4v) is 2.32. The highest BCUT2D eigenvalue weighted by molar-refractivity contribution is 4.78. The lowest BCUT2D eigenvalue weighted by Gasteiger charge is -2.36. The molecule has 1 fully saturated rings. The van der Waals surface area contributed by atoms with Gasteiger partial charge in [0, 0.05) is 6.54 Å². The summed E-state index contributed by atoms with van der Waals surface area (Å²) in [6.45, 7) is 11.5. The maximum atomic E-state index is 9.70. The molecule has 2 nitrogen and oxygen atoms in total. The van der Waals surface area contributed by atoms with Crippen molar-refractivity contribution in [3.05, 3.63) is 0 Å². The van der Waals surface area contributed by atoms with Crippen LogP contribution >= 0.6 is 0 Å². The lowest BCUT2D eigenvalue weighted by atomic mass is 9.86. The SMILES string of the molecule is CC(C)C1CCN(CC(C)(C)O)CC1. The van der Waals surface area contributed by atoms with E-state index in [1.165, 1.54) is 12.8 Å². The summed E-state index contributed by atoms with van der Waals surface area (Å²) in [6, 6.07) is 0. The van der Waals surface area contributed by atoms with E-state index in [0.717, 1.165) is 31.5 Å². The molecule has 0 aromatic carbocycles. The number of hydrogen-bond acceptors (Lipinski definition) is 2. The van der Waals surface area contributed by atoms with E-state index < -0.39 is 5.60 Å². The summed E-state index contributed by atoms with van der Waals surface area (Å²) in [7, 11) is 0. The minimum atomic E-state index is -0.537. The maximum Gasteiger partial charge on any atom is 0.0718 e. The first-order chi connectivity index (χ1) is 6.38. The van der Waals surface area contributed by atoms with Crippen LogP contribution in [-0.4, -0.2) is 35.2 Å². The highest BCUT2D eigenvalue weighted by Crippen LogP contribution is 2.25. The van der Waals surface area contributed by atoms with E-state index in [-0.39, 0.29) is 0 Å². The van der Waals surface area contributed by atoms with Gasteiger partial charge in [0.1, 0.15) is 0 Å². The summed E-state index contributed by atoms with van der Waals surface area (Å²) in [4.78, 5) is 2.39. The molecule has 2 heteroatoms. The molecular formula is C12H25NO. The van der Waals surface area contributed by atoms with Gasteiger partial charge in [0.15, 0.2) is 0 Å². The highest BCUT2D eigenvalue weighted by Gasteiger charge is 2.24. The summed E-state index contributed by atoms with van der Waals surface area (Å²) in [5.41, 5.74) is -0.537. The number of nitrogens with zero attached hydrogens (tertiary/aromatic N) is 1. The third kappa shape index (κ3) is 3.97. The van der Waals surface area contributed by atoms with Gasteiger partial charge >= 0.3 is 0 Å². The normalized spacial score (nSPS) is 21.9. The fraction of sp³-hybridized carbons (Fsp3) is 1.00. The number of likely N-dealkylation sites (tertiary alicyclic amines) is 1. The Labute approximate surface area is 88.3 Å². The number of aliphatic hydroxyl groups is 1. The molecule has 1 rings (SSSR count). The van der Waals surface area contributed by atoms with Gasteiger partial charge in [0.2, 0.25) is 0 Å². The smallest absolute Gasteiger partial charge is 0.0718 e. The molecule has 0 saturated carbocycles. The summed E-state index contributed by atoms with van der Waals surface area (Å²) in [5, 5.41) is 9.70. The second-order valence-corrected chi connectivity index (χ2v) is 5.67. The third-order valence-corrected chi connectivity index (χ3v) is 3.19. The molecule has 0 bridgehead atoms. The Morgan fingerprint density at radius 3 is 2.14 bits per heavy atom. The maximum absolute atomic E-state index is 9.70. The van der Waals surface area contributed by atoms with Crippen LogP contribution in [0.4, 0.5) is 0 Å². The van der Waals surface area contributed by atoms with E-state index in [1.807, 2.05) is 13.8 Å². The summed E-state index contributed by atoms with van der Waals surface area (Å²) in [5.74, 6) is 1.72. The largest absolute Gasteiger partial charge is 0.389 e. The number of β-amino-alcohol motifs (C(OH)–C–C–N with tert-alkyl or cyclic N) is 1. The van der Waals surface area contributed by atoms with Gasteiger partial charge < -0.3 is 10.0 Å². The topological polar surface area (TPSA) is 23.5 Å². The van der Waals surface area contributed by atoms with Gasteiger partial charge in [0.05, 0.1) is 5.60 Å². The molecule has 0 amide bonds. The van der Waals surface area contributed by atoms with Crippen molar-refractivity contribution in [1.29, 1.82) is 0 Å². The fourth-order valence-electron chi connectivity index (χ4n) is 2.32. The first-order valence-corrected chi connectivity index (χ1v) is 5.83. The molecule has 1 saturated heterocycles. The van der Waals surface area contributed by atoms with E-state index in [1.54, 1.807) is 0 Å². The van der Waals surface area contributed by atoms with Crippen LogP contribution in [0.5, 0.6) is 0 Å². The number of hydrogen-bond donors (Lipinski definition) is 1. The van der Waals surface area contributed by atoms with E-state index in [9.17, 15) is 5.11 Å². The second-order valence-electron chi connectivity index (χ2n) is 5.67. The van der Waals surface area contributed by atoms with Crippen LogP contribution in [0.25, 0.3) is 0 Å². The van der Waals surface area contributed by atoms with Crippen molar-refractivity contribution in [2.45, 2.75) is 46.1 Å². The molecule has 0 aromatic rings.